The third-order valence-corrected chi connectivity index (χ3v) is 4.93. The lowest BCUT2D eigenvalue weighted by Gasteiger charge is -2.26. The van der Waals surface area contributed by atoms with Crippen LogP contribution in [-0.4, -0.2) is 18.7 Å². The topological polar surface area (TPSA) is 47.3 Å². The highest BCUT2D eigenvalue weighted by atomic mass is 16.5. The zero-order valence-electron chi connectivity index (χ0n) is 12.9. The SMILES string of the molecule is N[C@H]1CC[C@H](CNc2cccc(OC3CCCC3)c2)CC1. The van der Waals surface area contributed by atoms with Crippen LogP contribution in [0.3, 0.4) is 0 Å². The number of nitrogens with two attached hydrogens (primary N) is 1. The van der Waals surface area contributed by atoms with Gasteiger partial charge in [-0.15, -0.1) is 0 Å². The monoisotopic (exact) mass is 288 g/mol. The van der Waals surface area contributed by atoms with Gasteiger partial charge < -0.3 is 15.8 Å². The van der Waals surface area contributed by atoms with Crippen LogP contribution < -0.4 is 15.8 Å². The van der Waals surface area contributed by atoms with Gasteiger partial charge in [0.15, 0.2) is 0 Å². The molecule has 3 N–H and O–H groups in total. The molecule has 21 heavy (non-hydrogen) atoms. The van der Waals surface area contributed by atoms with Gasteiger partial charge in [0.25, 0.3) is 0 Å². The minimum Gasteiger partial charge on any atom is -0.490 e. The van der Waals surface area contributed by atoms with E-state index in [4.69, 9.17) is 10.5 Å². The Kier molecular flexibility index (Phi) is 5.02. The van der Waals surface area contributed by atoms with Crippen molar-refractivity contribution in [1.82, 2.24) is 0 Å². The van der Waals surface area contributed by atoms with Crippen molar-refractivity contribution in [3.05, 3.63) is 24.3 Å². The summed E-state index contributed by atoms with van der Waals surface area (Å²) in [5, 5.41) is 3.57. The fourth-order valence-electron chi connectivity index (χ4n) is 3.53. The van der Waals surface area contributed by atoms with Crippen molar-refractivity contribution >= 4 is 5.69 Å². The van der Waals surface area contributed by atoms with Crippen LogP contribution in [0.1, 0.15) is 51.4 Å². The van der Waals surface area contributed by atoms with E-state index in [-0.39, 0.29) is 0 Å². The molecule has 0 spiro atoms. The summed E-state index contributed by atoms with van der Waals surface area (Å²) in [6.07, 6.45) is 10.3. The van der Waals surface area contributed by atoms with E-state index in [0.717, 1.165) is 18.2 Å². The maximum absolute atomic E-state index is 6.07. The van der Waals surface area contributed by atoms with Gasteiger partial charge >= 0.3 is 0 Å². The Hall–Kier alpha value is -1.22. The molecular formula is C18H28N2O. The normalized spacial score (nSPS) is 26.7. The zero-order valence-corrected chi connectivity index (χ0v) is 12.9. The minimum atomic E-state index is 0.431. The number of benzene rings is 1. The molecule has 0 aliphatic heterocycles. The first-order chi connectivity index (χ1) is 10.3. The van der Waals surface area contributed by atoms with Crippen LogP contribution >= 0.6 is 0 Å². The third kappa shape index (κ3) is 4.37. The molecule has 0 unspecified atom stereocenters. The second-order valence-electron chi connectivity index (χ2n) is 6.71. The van der Waals surface area contributed by atoms with E-state index in [0.29, 0.717) is 12.1 Å². The molecule has 0 radical (unpaired) electrons. The van der Waals surface area contributed by atoms with E-state index in [1.807, 2.05) is 0 Å². The number of anilines is 1. The molecule has 3 rings (SSSR count). The summed E-state index contributed by atoms with van der Waals surface area (Å²) in [6, 6.07) is 8.87. The molecule has 1 aromatic rings. The smallest absolute Gasteiger partial charge is 0.121 e. The van der Waals surface area contributed by atoms with Gasteiger partial charge in [0, 0.05) is 24.3 Å². The Morgan fingerprint density at radius 1 is 1.05 bits per heavy atom. The quantitative estimate of drug-likeness (QED) is 0.863. The maximum atomic E-state index is 6.07. The van der Waals surface area contributed by atoms with Gasteiger partial charge in [0.1, 0.15) is 5.75 Å². The molecular weight excluding hydrogens is 260 g/mol. The summed E-state index contributed by atoms with van der Waals surface area (Å²) in [5.74, 6) is 1.78. The summed E-state index contributed by atoms with van der Waals surface area (Å²) in [7, 11) is 0. The van der Waals surface area contributed by atoms with Gasteiger partial charge in [-0.1, -0.05) is 6.07 Å². The highest BCUT2D eigenvalue weighted by Gasteiger charge is 2.18. The number of ether oxygens (including phenoxy) is 1. The fraction of sp³-hybridized carbons (Fsp3) is 0.667. The molecule has 3 heteroatoms. The Morgan fingerprint density at radius 2 is 1.81 bits per heavy atom. The summed E-state index contributed by atoms with van der Waals surface area (Å²) in [6.45, 7) is 1.06. The van der Waals surface area contributed by atoms with Gasteiger partial charge in [-0.3, -0.25) is 0 Å². The molecule has 2 fully saturated rings. The zero-order chi connectivity index (χ0) is 14.5. The average Bonchev–Trinajstić information content (AvgIpc) is 3.00. The highest BCUT2D eigenvalue weighted by molar-refractivity contribution is 5.48. The third-order valence-electron chi connectivity index (χ3n) is 4.93. The predicted molar refractivity (Wildman–Crippen MR) is 87.7 cm³/mol. The summed E-state index contributed by atoms with van der Waals surface area (Å²) in [5.41, 5.74) is 7.15. The van der Waals surface area contributed by atoms with Gasteiger partial charge in [-0.2, -0.15) is 0 Å². The lowest BCUT2D eigenvalue weighted by molar-refractivity contribution is 0.210. The summed E-state index contributed by atoms with van der Waals surface area (Å²) >= 11 is 0. The van der Waals surface area contributed by atoms with Crippen molar-refractivity contribution in [1.29, 1.82) is 0 Å². The van der Waals surface area contributed by atoms with Gasteiger partial charge in [0.05, 0.1) is 6.10 Å². The first kappa shape index (κ1) is 14.7. The molecule has 3 nitrogen and oxygen atoms in total. The molecule has 2 aliphatic rings. The second-order valence-corrected chi connectivity index (χ2v) is 6.71. The first-order valence-electron chi connectivity index (χ1n) is 8.56. The average molecular weight is 288 g/mol. The van der Waals surface area contributed by atoms with E-state index in [2.05, 4.69) is 29.6 Å². The van der Waals surface area contributed by atoms with Crippen LogP contribution in [0, 0.1) is 5.92 Å². The van der Waals surface area contributed by atoms with E-state index < -0.39 is 0 Å². The molecule has 0 heterocycles. The van der Waals surface area contributed by atoms with E-state index >= 15 is 0 Å². The van der Waals surface area contributed by atoms with Crippen LogP contribution in [0.25, 0.3) is 0 Å². The Bertz CT molecular complexity index is 435. The molecule has 0 atom stereocenters. The molecule has 0 bridgehead atoms. The van der Waals surface area contributed by atoms with Crippen molar-refractivity contribution in [3.8, 4) is 5.75 Å². The van der Waals surface area contributed by atoms with Gasteiger partial charge in [0.2, 0.25) is 0 Å². The Balaban J connectivity index is 1.48. The number of hydrogen-bond donors (Lipinski definition) is 2. The van der Waals surface area contributed by atoms with Crippen LogP contribution in [0.15, 0.2) is 24.3 Å². The molecule has 116 valence electrons. The van der Waals surface area contributed by atoms with Crippen molar-refractivity contribution in [3.63, 3.8) is 0 Å². The van der Waals surface area contributed by atoms with E-state index in [1.54, 1.807) is 0 Å². The molecule has 1 aromatic carbocycles. The maximum Gasteiger partial charge on any atom is 0.121 e. The number of rotatable bonds is 5. The van der Waals surface area contributed by atoms with Crippen LogP contribution in [0.4, 0.5) is 5.69 Å². The number of hydrogen-bond acceptors (Lipinski definition) is 3. The largest absolute Gasteiger partial charge is 0.490 e. The Morgan fingerprint density at radius 3 is 2.57 bits per heavy atom. The molecule has 0 aromatic heterocycles. The fourth-order valence-corrected chi connectivity index (χ4v) is 3.53. The van der Waals surface area contributed by atoms with Gasteiger partial charge in [-0.05, 0) is 69.4 Å². The molecule has 2 aliphatic carbocycles. The highest BCUT2D eigenvalue weighted by Crippen LogP contribution is 2.27. The summed E-state index contributed by atoms with van der Waals surface area (Å²) < 4.78 is 6.07. The lowest BCUT2D eigenvalue weighted by Crippen LogP contribution is -2.29. The number of nitrogens with one attached hydrogen (secondary N) is 1. The van der Waals surface area contributed by atoms with E-state index in [9.17, 15) is 0 Å². The van der Waals surface area contributed by atoms with Crippen LogP contribution in [0.2, 0.25) is 0 Å². The lowest BCUT2D eigenvalue weighted by atomic mass is 9.86. The standard InChI is InChI=1S/C18H28N2O/c19-15-10-8-14(9-11-15)13-20-16-4-3-7-18(12-16)21-17-5-1-2-6-17/h3-4,7,12,14-15,17,20H,1-2,5-6,8-11,13,19H2/t14-,15-. The molecule has 0 saturated heterocycles. The van der Waals surface area contributed by atoms with Crippen molar-refractivity contribution in [2.45, 2.75) is 63.5 Å². The van der Waals surface area contributed by atoms with Crippen LogP contribution in [-0.2, 0) is 0 Å². The summed E-state index contributed by atoms with van der Waals surface area (Å²) in [4.78, 5) is 0. The van der Waals surface area contributed by atoms with Gasteiger partial charge in [-0.25, -0.2) is 0 Å². The second kappa shape index (κ2) is 7.17. The van der Waals surface area contributed by atoms with Crippen LogP contribution in [0.5, 0.6) is 5.75 Å². The van der Waals surface area contributed by atoms with Crippen molar-refractivity contribution < 1.29 is 4.74 Å². The Labute approximate surface area is 128 Å². The minimum absolute atomic E-state index is 0.431. The predicted octanol–water partition coefficient (Wildman–Crippen LogP) is 3.94. The first-order valence-corrected chi connectivity index (χ1v) is 8.56. The van der Waals surface area contributed by atoms with E-state index in [1.165, 1.54) is 57.1 Å². The van der Waals surface area contributed by atoms with Crippen molar-refractivity contribution in [2.75, 3.05) is 11.9 Å². The van der Waals surface area contributed by atoms with Crippen molar-refractivity contribution in [2.24, 2.45) is 11.7 Å². The molecule has 0 amide bonds. The molecule has 2 saturated carbocycles.